The SMILES string of the molecule is COC(=O)CC(c1ccsc1)c1c(O)ccc2c(=O)c(-c3ccc(O)cc3)coc12. The second-order valence-electron chi connectivity index (χ2n) is 6.79. The van der Waals surface area contributed by atoms with Crippen LogP contribution in [0, 0.1) is 0 Å². The van der Waals surface area contributed by atoms with Gasteiger partial charge in [-0.3, -0.25) is 9.59 Å². The van der Waals surface area contributed by atoms with Crippen LogP contribution in [0.3, 0.4) is 0 Å². The van der Waals surface area contributed by atoms with E-state index < -0.39 is 11.9 Å². The van der Waals surface area contributed by atoms with Crippen LogP contribution in [0.4, 0.5) is 0 Å². The molecule has 0 saturated carbocycles. The third kappa shape index (κ3) is 3.55. The van der Waals surface area contributed by atoms with E-state index in [4.69, 9.17) is 9.15 Å². The lowest BCUT2D eigenvalue weighted by molar-refractivity contribution is -0.140. The fraction of sp³-hybridized carbons (Fsp3) is 0.130. The quantitative estimate of drug-likeness (QED) is 0.455. The minimum atomic E-state index is -0.532. The molecule has 0 radical (unpaired) electrons. The maximum Gasteiger partial charge on any atom is 0.306 e. The van der Waals surface area contributed by atoms with Crippen molar-refractivity contribution in [3.05, 3.63) is 80.8 Å². The van der Waals surface area contributed by atoms with Crippen LogP contribution < -0.4 is 5.43 Å². The van der Waals surface area contributed by atoms with E-state index in [0.717, 1.165) is 5.56 Å². The summed E-state index contributed by atoms with van der Waals surface area (Å²) in [6.45, 7) is 0. The highest BCUT2D eigenvalue weighted by atomic mass is 32.1. The van der Waals surface area contributed by atoms with Crippen LogP contribution in [-0.2, 0) is 9.53 Å². The molecule has 0 saturated heterocycles. The Kier molecular flexibility index (Phi) is 5.29. The van der Waals surface area contributed by atoms with E-state index in [0.29, 0.717) is 22.1 Å². The Hall–Kier alpha value is -3.58. The number of esters is 1. The first-order valence-corrected chi connectivity index (χ1v) is 10.1. The van der Waals surface area contributed by atoms with E-state index in [1.807, 2.05) is 16.8 Å². The summed E-state index contributed by atoms with van der Waals surface area (Å²) in [5.74, 6) is -0.943. The van der Waals surface area contributed by atoms with Gasteiger partial charge in [0.1, 0.15) is 23.3 Å². The first-order chi connectivity index (χ1) is 14.5. The van der Waals surface area contributed by atoms with Crippen LogP contribution in [0.1, 0.15) is 23.5 Å². The molecular weight excluding hydrogens is 404 g/mol. The second-order valence-corrected chi connectivity index (χ2v) is 7.57. The van der Waals surface area contributed by atoms with Crippen molar-refractivity contribution in [2.75, 3.05) is 7.11 Å². The van der Waals surface area contributed by atoms with Gasteiger partial charge in [-0.1, -0.05) is 12.1 Å². The molecule has 2 heterocycles. The minimum absolute atomic E-state index is 0.0106. The summed E-state index contributed by atoms with van der Waals surface area (Å²) < 4.78 is 10.7. The van der Waals surface area contributed by atoms with Gasteiger partial charge in [-0.25, -0.2) is 0 Å². The minimum Gasteiger partial charge on any atom is -0.508 e. The molecule has 1 unspecified atom stereocenters. The molecule has 0 aliphatic heterocycles. The number of rotatable bonds is 5. The van der Waals surface area contributed by atoms with Crippen LogP contribution in [0.25, 0.3) is 22.1 Å². The van der Waals surface area contributed by atoms with Crippen molar-refractivity contribution in [3.63, 3.8) is 0 Å². The summed E-state index contributed by atoms with van der Waals surface area (Å²) in [4.78, 5) is 25.2. The van der Waals surface area contributed by atoms with Crippen LogP contribution in [0.2, 0.25) is 0 Å². The van der Waals surface area contributed by atoms with Crippen LogP contribution >= 0.6 is 11.3 Å². The van der Waals surface area contributed by atoms with Crippen molar-refractivity contribution in [1.29, 1.82) is 0 Å². The highest BCUT2D eigenvalue weighted by molar-refractivity contribution is 7.08. The first-order valence-electron chi connectivity index (χ1n) is 9.15. The fourth-order valence-corrected chi connectivity index (χ4v) is 4.21. The first kappa shape index (κ1) is 19.7. The number of fused-ring (bicyclic) bond motifs is 1. The summed E-state index contributed by atoms with van der Waals surface area (Å²) in [6.07, 6.45) is 1.33. The summed E-state index contributed by atoms with van der Waals surface area (Å²) in [6, 6.07) is 11.0. The number of thiophene rings is 1. The van der Waals surface area contributed by atoms with Crippen molar-refractivity contribution < 1.29 is 24.2 Å². The molecule has 0 spiro atoms. The number of aromatic hydroxyl groups is 2. The zero-order chi connectivity index (χ0) is 21.3. The second kappa shape index (κ2) is 8.04. The molecule has 0 aliphatic carbocycles. The number of hydrogen-bond acceptors (Lipinski definition) is 7. The van der Waals surface area contributed by atoms with Gasteiger partial charge in [-0.15, -0.1) is 0 Å². The number of benzene rings is 2. The summed E-state index contributed by atoms with van der Waals surface area (Å²) in [5, 5.41) is 24.2. The van der Waals surface area contributed by atoms with E-state index in [1.54, 1.807) is 12.1 Å². The topological polar surface area (TPSA) is 97.0 Å². The van der Waals surface area contributed by atoms with Crippen LogP contribution in [0.15, 0.2) is 68.7 Å². The lowest BCUT2D eigenvalue weighted by atomic mass is 9.88. The van der Waals surface area contributed by atoms with Gasteiger partial charge in [0.25, 0.3) is 0 Å². The molecule has 4 aromatic rings. The van der Waals surface area contributed by atoms with E-state index >= 15 is 0 Å². The fourth-order valence-electron chi connectivity index (χ4n) is 3.50. The van der Waals surface area contributed by atoms with Crippen molar-refractivity contribution in [2.45, 2.75) is 12.3 Å². The molecule has 6 nitrogen and oxygen atoms in total. The molecule has 2 N–H and O–H groups in total. The molecule has 2 aromatic carbocycles. The van der Waals surface area contributed by atoms with E-state index in [1.165, 1.54) is 49.0 Å². The Balaban J connectivity index is 1.92. The van der Waals surface area contributed by atoms with Crippen molar-refractivity contribution >= 4 is 28.3 Å². The molecule has 2 aromatic heterocycles. The third-order valence-electron chi connectivity index (χ3n) is 5.03. The van der Waals surface area contributed by atoms with Gasteiger partial charge >= 0.3 is 5.97 Å². The van der Waals surface area contributed by atoms with Gasteiger partial charge in [-0.2, -0.15) is 11.3 Å². The average Bonchev–Trinajstić information content (AvgIpc) is 3.28. The molecule has 0 fully saturated rings. The number of ether oxygens (including phenoxy) is 1. The van der Waals surface area contributed by atoms with E-state index in [-0.39, 0.29) is 28.9 Å². The number of phenols is 2. The maximum absolute atomic E-state index is 13.2. The maximum atomic E-state index is 13.2. The zero-order valence-electron chi connectivity index (χ0n) is 16.0. The van der Waals surface area contributed by atoms with Crippen molar-refractivity contribution in [3.8, 4) is 22.6 Å². The summed E-state index contributed by atoms with van der Waals surface area (Å²) in [5.41, 5.74) is 2.07. The van der Waals surface area contributed by atoms with Gasteiger partial charge < -0.3 is 19.4 Å². The molecule has 1 atom stereocenters. The zero-order valence-corrected chi connectivity index (χ0v) is 16.8. The Morgan fingerprint density at radius 1 is 1.13 bits per heavy atom. The van der Waals surface area contributed by atoms with Gasteiger partial charge in [0.15, 0.2) is 0 Å². The molecule has 30 heavy (non-hydrogen) atoms. The standard InChI is InChI=1S/C23H18O6S/c1-28-20(26)10-17(14-8-9-30-12-14)21-19(25)7-6-16-22(27)18(11-29-23(16)21)13-2-4-15(24)5-3-13/h2-9,11-12,17,24-25H,10H2,1H3. The van der Waals surface area contributed by atoms with E-state index in [9.17, 15) is 19.8 Å². The molecular formula is C23H18O6S. The molecule has 0 aliphatic rings. The van der Waals surface area contributed by atoms with Gasteiger partial charge in [0.2, 0.25) is 5.43 Å². The predicted octanol–water partition coefficient (Wildman–Crippen LogP) is 4.63. The third-order valence-corrected chi connectivity index (χ3v) is 5.73. The Morgan fingerprint density at radius 3 is 2.57 bits per heavy atom. The smallest absolute Gasteiger partial charge is 0.306 e. The lowest BCUT2D eigenvalue weighted by Gasteiger charge is -2.18. The molecule has 7 heteroatoms. The summed E-state index contributed by atoms with van der Waals surface area (Å²) >= 11 is 1.47. The van der Waals surface area contributed by atoms with Crippen molar-refractivity contribution in [1.82, 2.24) is 0 Å². The number of methoxy groups -OCH3 is 1. The number of phenolic OH excluding ortho intramolecular Hbond substituents is 2. The molecule has 152 valence electrons. The largest absolute Gasteiger partial charge is 0.508 e. The van der Waals surface area contributed by atoms with Gasteiger partial charge in [0, 0.05) is 11.5 Å². The molecule has 4 rings (SSSR count). The number of hydrogen-bond donors (Lipinski definition) is 2. The Labute approximate surface area is 175 Å². The predicted molar refractivity (Wildman–Crippen MR) is 114 cm³/mol. The Morgan fingerprint density at radius 2 is 1.90 bits per heavy atom. The lowest BCUT2D eigenvalue weighted by Crippen LogP contribution is -2.12. The normalized spacial score (nSPS) is 12.0. The Bertz CT molecular complexity index is 1260. The molecule has 0 bridgehead atoms. The highest BCUT2D eigenvalue weighted by Gasteiger charge is 2.26. The summed E-state index contributed by atoms with van der Waals surface area (Å²) in [7, 11) is 1.31. The van der Waals surface area contributed by atoms with Gasteiger partial charge in [0.05, 0.1) is 24.5 Å². The van der Waals surface area contributed by atoms with Crippen LogP contribution in [0.5, 0.6) is 11.5 Å². The average molecular weight is 422 g/mol. The number of carbonyl (C=O) groups is 1. The number of carbonyl (C=O) groups excluding carboxylic acids is 1. The monoisotopic (exact) mass is 422 g/mol. The van der Waals surface area contributed by atoms with Gasteiger partial charge in [-0.05, 0) is 52.2 Å². The van der Waals surface area contributed by atoms with Crippen LogP contribution in [-0.4, -0.2) is 23.3 Å². The van der Waals surface area contributed by atoms with Crippen molar-refractivity contribution in [2.24, 2.45) is 0 Å². The molecule has 0 amide bonds. The van der Waals surface area contributed by atoms with E-state index in [2.05, 4.69) is 0 Å². The highest BCUT2D eigenvalue weighted by Crippen LogP contribution is 2.40.